The first kappa shape index (κ1) is 22.2. The van der Waals surface area contributed by atoms with Crippen molar-refractivity contribution in [1.82, 2.24) is 25.4 Å². The van der Waals surface area contributed by atoms with Crippen molar-refractivity contribution >= 4 is 57.8 Å². The third-order valence-corrected chi connectivity index (χ3v) is 7.96. The average Bonchev–Trinajstić information content (AvgIpc) is 3.39. The number of nitroso groups, excluding NO2 is 1. The van der Waals surface area contributed by atoms with Crippen LogP contribution in [0.1, 0.15) is 17.3 Å². The normalized spacial score (nSPS) is 21.0. The Morgan fingerprint density at radius 3 is 2.91 bits per heavy atom. The van der Waals surface area contributed by atoms with E-state index >= 15 is 0 Å². The predicted molar refractivity (Wildman–Crippen MR) is 115 cm³/mol. The standard InChI is InChI=1S/C16H14FN7O5S3/c17-11-7(22-16(18)32-11)8(23-29)12(25)21-9-13(26)24-10(15(27)28)6(4-31-14(9)24)30-3-5-1-19-20-2-5/h1-2,8-9,14H,3-4H2,(H2,18,22)(H,19,20)(H,21,25)(H,27,28)/t8?,9-,14+/m1/s1. The van der Waals surface area contributed by atoms with Crippen LogP contribution in [0.25, 0.3) is 0 Å². The molecule has 0 spiro atoms. The van der Waals surface area contributed by atoms with Crippen LogP contribution in [0.15, 0.2) is 28.2 Å². The summed E-state index contributed by atoms with van der Waals surface area (Å²) in [5, 5.41) is 19.4. The third-order valence-electron chi connectivity index (χ3n) is 4.64. The largest absolute Gasteiger partial charge is 0.477 e. The van der Waals surface area contributed by atoms with E-state index in [9.17, 15) is 28.8 Å². The summed E-state index contributed by atoms with van der Waals surface area (Å²) < 4.78 is 13.9. The number of aromatic nitrogens is 3. The number of H-pyrrole nitrogens is 1. The number of nitrogen functional groups attached to an aromatic ring is 1. The Hall–Kier alpha value is -2.98. The molecule has 0 bridgehead atoms. The van der Waals surface area contributed by atoms with E-state index in [2.05, 4.69) is 25.7 Å². The maximum absolute atomic E-state index is 13.9. The lowest BCUT2D eigenvalue weighted by molar-refractivity contribution is -0.150. The summed E-state index contributed by atoms with van der Waals surface area (Å²) >= 11 is 3.00. The van der Waals surface area contributed by atoms with Crippen LogP contribution >= 0.6 is 34.9 Å². The summed E-state index contributed by atoms with van der Waals surface area (Å²) in [6, 6.07) is -2.92. The van der Waals surface area contributed by atoms with Crippen molar-refractivity contribution in [3.05, 3.63) is 44.3 Å². The predicted octanol–water partition coefficient (Wildman–Crippen LogP) is 1.02. The maximum Gasteiger partial charge on any atom is 0.353 e. The van der Waals surface area contributed by atoms with Crippen molar-refractivity contribution in [1.29, 1.82) is 0 Å². The van der Waals surface area contributed by atoms with Crippen LogP contribution < -0.4 is 11.1 Å². The zero-order valence-electron chi connectivity index (χ0n) is 15.9. The van der Waals surface area contributed by atoms with E-state index in [-0.39, 0.29) is 10.8 Å². The minimum atomic E-state index is -1.82. The molecule has 2 amide bonds. The molecule has 1 saturated heterocycles. The molecule has 32 heavy (non-hydrogen) atoms. The number of hydrogen-bond acceptors (Lipinski definition) is 11. The number of fused-ring (bicyclic) bond motifs is 1. The first-order chi connectivity index (χ1) is 15.3. The number of β-lactam (4-membered cyclic amide) rings is 1. The fraction of sp³-hybridized carbons (Fsp3) is 0.312. The quantitative estimate of drug-likeness (QED) is 0.302. The molecule has 5 N–H and O–H groups in total. The first-order valence-electron chi connectivity index (χ1n) is 8.88. The van der Waals surface area contributed by atoms with Crippen molar-refractivity contribution in [3.63, 3.8) is 0 Å². The van der Waals surface area contributed by atoms with Gasteiger partial charge in [0.25, 0.3) is 11.8 Å². The van der Waals surface area contributed by atoms with Gasteiger partial charge in [-0.2, -0.15) is 9.49 Å². The van der Waals surface area contributed by atoms with Gasteiger partial charge in [-0.05, 0) is 5.18 Å². The summed E-state index contributed by atoms with van der Waals surface area (Å²) in [5.41, 5.74) is 5.58. The van der Waals surface area contributed by atoms with Crippen molar-refractivity contribution in [2.75, 3.05) is 11.5 Å². The van der Waals surface area contributed by atoms with Crippen LogP contribution in [-0.4, -0.2) is 60.1 Å². The summed E-state index contributed by atoms with van der Waals surface area (Å²) in [6.07, 6.45) is 3.30. The molecule has 16 heteroatoms. The van der Waals surface area contributed by atoms with E-state index in [1.807, 2.05) is 0 Å². The number of carbonyl (C=O) groups excluding carboxylic acids is 2. The molecule has 2 aromatic rings. The van der Waals surface area contributed by atoms with Gasteiger partial charge in [-0.1, -0.05) is 11.3 Å². The molecule has 2 aliphatic rings. The molecule has 1 fully saturated rings. The number of carbonyl (C=O) groups is 3. The molecule has 2 aromatic heterocycles. The van der Waals surface area contributed by atoms with Gasteiger partial charge in [0.2, 0.25) is 11.2 Å². The number of nitrogens with two attached hydrogens (primary N) is 1. The van der Waals surface area contributed by atoms with Gasteiger partial charge in [-0.25, -0.2) is 9.78 Å². The smallest absolute Gasteiger partial charge is 0.353 e. The molecule has 168 valence electrons. The van der Waals surface area contributed by atoms with Gasteiger partial charge in [0.1, 0.15) is 22.8 Å². The fourth-order valence-electron chi connectivity index (χ4n) is 3.18. The Balaban J connectivity index is 1.48. The van der Waals surface area contributed by atoms with Gasteiger partial charge in [-0.3, -0.25) is 19.6 Å². The number of anilines is 1. The number of aliphatic carboxylic acids is 1. The van der Waals surface area contributed by atoms with Crippen molar-refractivity contribution in [3.8, 4) is 0 Å². The van der Waals surface area contributed by atoms with Crippen LogP contribution in [-0.2, 0) is 20.1 Å². The van der Waals surface area contributed by atoms with Crippen molar-refractivity contribution < 1.29 is 23.9 Å². The lowest BCUT2D eigenvalue weighted by Gasteiger charge is -2.49. The van der Waals surface area contributed by atoms with E-state index in [0.29, 0.717) is 27.7 Å². The van der Waals surface area contributed by atoms with Crippen LogP contribution in [0.5, 0.6) is 0 Å². The number of amides is 2. The molecule has 0 aromatic carbocycles. The Morgan fingerprint density at radius 1 is 1.53 bits per heavy atom. The minimum absolute atomic E-state index is 0.152. The Labute approximate surface area is 191 Å². The second-order valence-corrected chi connectivity index (χ2v) is 9.74. The van der Waals surface area contributed by atoms with E-state index in [0.717, 1.165) is 10.5 Å². The van der Waals surface area contributed by atoms with Crippen LogP contribution in [0.4, 0.5) is 9.52 Å². The highest BCUT2D eigenvalue weighted by Gasteiger charge is 2.54. The highest BCUT2D eigenvalue weighted by molar-refractivity contribution is 8.05. The number of halogens is 1. The SMILES string of the molecule is Nc1nc(C(N=O)C(=O)N[C@@H]2C(=O)N3C(C(=O)O)=C(SCc4cn[nH]c4)CS[C@@H]23)c(F)s1. The molecular formula is C16H14FN7O5S3. The highest BCUT2D eigenvalue weighted by atomic mass is 32.2. The van der Waals surface area contributed by atoms with Crippen LogP contribution in [0.3, 0.4) is 0 Å². The topological polar surface area (TPSA) is 184 Å². The lowest BCUT2D eigenvalue weighted by atomic mass is 10.0. The number of hydrogen-bond donors (Lipinski definition) is 4. The maximum atomic E-state index is 13.9. The van der Waals surface area contributed by atoms with Gasteiger partial charge in [-0.15, -0.1) is 28.4 Å². The van der Waals surface area contributed by atoms with Crippen LogP contribution in [0.2, 0.25) is 0 Å². The van der Waals surface area contributed by atoms with E-state index in [1.165, 1.54) is 23.5 Å². The van der Waals surface area contributed by atoms with E-state index in [1.54, 1.807) is 12.4 Å². The number of nitrogens with one attached hydrogen (secondary N) is 2. The molecule has 2 aliphatic heterocycles. The van der Waals surface area contributed by atoms with E-state index < -0.39 is 46.1 Å². The molecule has 4 rings (SSSR count). The molecule has 3 atom stereocenters. The van der Waals surface area contributed by atoms with Crippen molar-refractivity contribution in [2.24, 2.45) is 5.18 Å². The second kappa shape index (κ2) is 8.87. The molecule has 4 heterocycles. The summed E-state index contributed by atoms with van der Waals surface area (Å²) in [6.45, 7) is 0. The average molecular weight is 500 g/mol. The van der Waals surface area contributed by atoms with E-state index in [4.69, 9.17) is 5.73 Å². The molecule has 1 unspecified atom stereocenters. The number of rotatable bonds is 8. The molecule has 12 nitrogen and oxygen atoms in total. The van der Waals surface area contributed by atoms with Crippen molar-refractivity contribution in [2.45, 2.75) is 23.2 Å². The lowest BCUT2D eigenvalue weighted by Crippen LogP contribution is -2.70. The van der Waals surface area contributed by atoms with Gasteiger partial charge in [0, 0.05) is 28.2 Å². The second-order valence-electron chi connectivity index (χ2n) is 6.59. The number of thiazole rings is 1. The number of carboxylic acid groups (broad SMARTS) is 1. The van der Waals surface area contributed by atoms with Gasteiger partial charge in [0.05, 0.1) is 6.20 Å². The molecule has 0 aliphatic carbocycles. The minimum Gasteiger partial charge on any atom is -0.477 e. The number of thioether (sulfide) groups is 2. The molecule has 0 radical (unpaired) electrons. The Bertz CT molecular complexity index is 1120. The molecule has 0 saturated carbocycles. The zero-order chi connectivity index (χ0) is 23.0. The number of aromatic amines is 1. The summed E-state index contributed by atoms with van der Waals surface area (Å²) in [4.78, 5) is 53.5. The van der Waals surface area contributed by atoms with Gasteiger partial charge < -0.3 is 16.2 Å². The number of carboxylic acids is 1. The highest BCUT2D eigenvalue weighted by Crippen LogP contribution is 2.44. The fourth-order valence-corrected chi connectivity index (χ4v) is 6.32. The summed E-state index contributed by atoms with van der Waals surface area (Å²) in [7, 11) is 0. The van der Waals surface area contributed by atoms with Gasteiger partial charge in [0.15, 0.2) is 5.13 Å². The zero-order valence-corrected chi connectivity index (χ0v) is 18.3. The monoisotopic (exact) mass is 499 g/mol. The van der Waals surface area contributed by atoms with Crippen LogP contribution in [0, 0.1) is 10.0 Å². The Morgan fingerprint density at radius 2 is 2.31 bits per heavy atom. The Kier molecular flexibility index (Phi) is 6.16. The third kappa shape index (κ3) is 3.95. The molecular weight excluding hydrogens is 485 g/mol. The number of nitrogens with zero attached hydrogens (tertiary/aromatic N) is 4. The summed E-state index contributed by atoms with van der Waals surface area (Å²) in [5.74, 6) is -2.18. The van der Waals surface area contributed by atoms with Gasteiger partial charge >= 0.3 is 5.97 Å². The first-order valence-corrected chi connectivity index (χ1v) is 11.7.